The van der Waals surface area contributed by atoms with E-state index in [1.54, 1.807) is 24.3 Å². The maximum atomic E-state index is 15.3. The molecule has 0 aliphatic heterocycles. The van der Waals surface area contributed by atoms with Crippen molar-refractivity contribution in [1.82, 2.24) is 28.9 Å². The normalized spacial score (nSPS) is 11.4. The van der Waals surface area contributed by atoms with Gasteiger partial charge in [-0.1, -0.05) is 37.6 Å². The van der Waals surface area contributed by atoms with Crippen molar-refractivity contribution in [2.24, 2.45) is 0 Å². The van der Waals surface area contributed by atoms with Crippen molar-refractivity contribution in [3.8, 4) is 22.5 Å². The number of aryl methyl sites for hydroxylation is 1. The van der Waals surface area contributed by atoms with Crippen LogP contribution in [0.4, 0.5) is 8.78 Å². The largest absolute Gasteiger partial charge is 0.323 e. The first kappa shape index (κ1) is 22.8. The number of halogens is 2. The van der Waals surface area contributed by atoms with Crippen LogP contribution in [0.1, 0.15) is 36.6 Å². The highest BCUT2D eigenvalue weighted by molar-refractivity contribution is 7.03. The molecule has 0 saturated heterocycles. The number of nitrogens with one attached hydrogen (secondary N) is 2. The molecule has 0 atom stereocenters. The van der Waals surface area contributed by atoms with Gasteiger partial charge in [-0.25, -0.2) is 13.3 Å². The molecule has 0 bridgehead atoms. The Morgan fingerprint density at radius 1 is 1.03 bits per heavy atom. The van der Waals surface area contributed by atoms with Gasteiger partial charge in [-0.2, -0.15) is 14.5 Å². The van der Waals surface area contributed by atoms with Gasteiger partial charge in [0.05, 0.1) is 5.69 Å². The predicted octanol–water partition coefficient (Wildman–Crippen LogP) is 4.11. The Bertz CT molecular complexity index is 1630. The summed E-state index contributed by atoms with van der Waals surface area (Å²) in [5.41, 5.74) is 1.54. The minimum absolute atomic E-state index is 0.212. The number of fused-ring (bicyclic) bond motifs is 1. The molecule has 8 nitrogen and oxygen atoms in total. The molecule has 0 aliphatic rings. The molecule has 0 radical (unpaired) electrons. The second-order valence-electron chi connectivity index (χ2n) is 8.06. The Hall–Kier alpha value is -3.99. The molecule has 0 amide bonds. The maximum absolute atomic E-state index is 15.3. The predicted molar refractivity (Wildman–Crippen MR) is 129 cm³/mol. The summed E-state index contributed by atoms with van der Waals surface area (Å²) in [7, 11) is 0. The molecule has 3 heterocycles. The average Bonchev–Trinajstić information content (AvgIpc) is 3.49. The van der Waals surface area contributed by atoms with Crippen LogP contribution >= 0.6 is 11.5 Å². The van der Waals surface area contributed by atoms with Crippen molar-refractivity contribution in [3.63, 3.8) is 0 Å². The number of hydrogen-bond donors (Lipinski definition) is 2. The van der Waals surface area contributed by atoms with Gasteiger partial charge in [-0.05, 0) is 36.1 Å². The Kier molecular flexibility index (Phi) is 6.08. The molecule has 5 aromatic rings. The first-order valence-corrected chi connectivity index (χ1v) is 11.8. The number of H-pyrrole nitrogens is 2. The van der Waals surface area contributed by atoms with Crippen molar-refractivity contribution in [2.45, 2.75) is 32.6 Å². The number of hydrogen-bond acceptors (Lipinski definition) is 6. The monoisotopic (exact) mass is 494 g/mol. The van der Waals surface area contributed by atoms with Crippen molar-refractivity contribution in [3.05, 3.63) is 91.2 Å². The minimum atomic E-state index is -0.777. The van der Waals surface area contributed by atoms with E-state index in [9.17, 15) is 9.59 Å². The number of aromatic amines is 2. The van der Waals surface area contributed by atoms with Gasteiger partial charge in [0.15, 0.2) is 5.82 Å². The Balaban J connectivity index is 1.58. The third kappa shape index (κ3) is 4.30. The zero-order chi connectivity index (χ0) is 24.5. The van der Waals surface area contributed by atoms with E-state index in [0.717, 1.165) is 24.4 Å². The molecule has 2 aromatic carbocycles. The van der Waals surface area contributed by atoms with Crippen molar-refractivity contribution in [1.29, 1.82) is 0 Å². The Morgan fingerprint density at radius 2 is 1.77 bits per heavy atom. The molecule has 0 spiro atoms. The van der Waals surface area contributed by atoms with Gasteiger partial charge < -0.3 is 0 Å². The van der Waals surface area contributed by atoms with E-state index in [-0.39, 0.29) is 28.2 Å². The van der Waals surface area contributed by atoms with Crippen LogP contribution in [0.25, 0.3) is 28.3 Å². The van der Waals surface area contributed by atoms with Crippen LogP contribution in [-0.2, 0) is 12.8 Å². The number of nitrogens with zero attached hydrogens (tertiary/aromatic N) is 4. The third-order valence-corrected chi connectivity index (χ3v) is 6.39. The van der Waals surface area contributed by atoms with Crippen molar-refractivity contribution < 1.29 is 8.78 Å². The van der Waals surface area contributed by atoms with Crippen molar-refractivity contribution in [2.75, 3.05) is 0 Å². The molecule has 178 valence electrons. The maximum Gasteiger partial charge on any atom is 0.323 e. The second-order valence-corrected chi connectivity index (χ2v) is 8.80. The molecule has 11 heteroatoms. The Labute approximate surface area is 201 Å². The van der Waals surface area contributed by atoms with Crippen molar-refractivity contribution >= 4 is 17.3 Å². The highest BCUT2D eigenvalue weighted by Gasteiger charge is 2.20. The zero-order valence-electron chi connectivity index (χ0n) is 18.6. The van der Waals surface area contributed by atoms with Crippen LogP contribution in [0, 0.1) is 11.6 Å². The summed E-state index contributed by atoms with van der Waals surface area (Å²) in [4.78, 5) is 33.4. The molecule has 0 fully saturated rings. The fraction of sp³-hybridized carbons (Fsp3) is 0.208. The van der Waals surface area contributed by atoms with Gasteiger partial charge in [0.25, 0.3) is 5.56 Å². The number of rotatable bonds is 7. The van der Waals surface area contributed by atoms with Crippen LogP contribution in [0.3, 0.4) is 0 Å². The van der Waals surface area contributed by atoms with Crippen LogP contribution in [0.15, 0.2) is 52.3 Å². The smallest absolute Gasteiger partial charge is 0.296 e. The lowest BCUT2D eigenvalue weighted by Crippen LogP contribution is -2.21. The van der Waals surface area contributed by atoms with Gasteiger partial charge in [0, 0.05) is 34.6 Å². The van der Waals surface area contributed by atoms with Gasteiger partial charge in [-0.15, -0.1) is 0 Å². The summed E-state index contributed by atoms with van der Waals surface area (Å²) in [6.07, 6.45) is 3.28. The van der Waals surface area contributed by atoms with Crippen LogP contribution < -0.4 is 10.4 Å². The molecule has 5 rings (SSSR count). The molecule has 35 heavy (non-hydrogen) atoms. The highest BCUT2D eigenvalue weighted by atomic mass is 32.1. The van der Waals surface area contributed by atoms with Crippen LogP contribution in [0.5, 0.6) is 0 Å². The van der Waals surface area contributed by atoms with Gasteiger partial charge >= 0.3 is 4.87 Å². The Morgan fingerprint density at radius 3 is 2.46 bits per heavy atom. The first-order chi connectivity index (χ1) is 17.0. The third-order valence-electron chi connectivity index (χ3n) is 5.85. The SMILES string of the molecule is CCCCc1c(Cc2c(F)cc(-c3ccccc3-c3nsc(=O)[nH]3)cc2F)c(=O)[nH]c2ncnn12. The summed E-state index contributed by atoms with van der Waals surface area (Å²) < 4.78 is 36.3. The van der Waals surface area contributed by atoms with Crippen LogP contribution in [-0.4, -0.2) is 28.9 Å². The fourth-order valence-electron chi connectivity index (χ4n) is 4.13. The van der Waals surface area contributed by atoms with E-state index < -0.39 is 17.2 Å². The summed E-state index contributed by atoms with van der Waals surface area (Å²) in [5, 5.41) is 4.17. The lowest BCUT2D eigenvalue weighted by Gasteiger charge is -2.13. The van der Waals surface area contributed by atoms with E-state index in [4.69, 9.17) is 0 Å². The summed E-state index contributed by atoms with van der Waals surface area (Å²) in [5.74, 6) is -0.936. The lowest BCUT2D eigenvalue weighted by atomic mass is 9.95. The molecular formula is C24H20F2N6O2S. The molecule has 3 aromatic heterocycles. The minimum Gasteiger partial charge on any atom is -0.296 e. The van der Waals surface area contributed by atoms with E-state index >= 15 is 8.78 Å². The van der Waals surface area contributed by atoms with E-state index in [1.165, 1.54) is 23.0 Å². The first-order valence-electron chi connectivity index (χ1n) is 11.0. The lowest BCUT2D eigenvalue weighted by molar-refractivity contribution is 0.560. The van der Waals surface area contributed by atoms with Gasteiger partial charge in [0.1, 0.15) is 18.0 Å². The number of aromatic nitrogens is 6. The van der Waals surface area contributed by atoms with Gasteiger partial charge in [0.2, 0.25) is 5.78 Å². The molecule has 2 N–H and O–H groups in total. The van der Waals surface area contributed by atoms with E-state index in [2.05, 4.69) is 24.4 Å². The van der Waals surface area contributed by atoms with E-state index in [0.29, 0.717) is 34.6 Å². The summed E-state index contributed by atoms with van der Waals surface area (Å²) >= 11 is 0.769. The number of benzene rings is 2. The number of unbranched alkanes of at least 4 members (excludes halogenated alkanes) is 1. The molecule has 0 unspecified atom stereocenters. The molecule has 0 saturated carbocycles. The molecular weight excluding hydrogens is 474 g/mol. The highest BCUT2D eigenvalue weighted by Crippen LogP contribution is 2.32. The summed E-state index contributed by atoms with van der Waals surface area (Å²) in [6.45, 7) is 2.02. The fourth-order valence-corrected chi connectivity index (χ4v) is 4.60. The van der Waals surface area contributed by atoms with Gasteiger partial charge in [-0.3, -0.25) is 19.6 Å². The zero-order valence-corrected chi connectivity index (χ0v) is 19.5. The van der Waals surface area contributed by atoms with Crippen LogP contribution in [0.2, 0.25) is 0 Å². The second kappa shape index (κ2) is 9.34. The summed E-state index contributed by atoms with van der Waals surface area (Å²) in [6, 6.07) is 9.37. The molecule has 0 aliphatic carbocycles. The average molecular weight is 495 g/mol. The quantitative estimate of drug-likeness (QED) is 0.354. The standard InChI is InChI=1S/C24H20F2N6O2S/c1-2-3-8-20-17(22(33)30-23-27-12-28-32(20)23)11-16-18(25)9-13(10-19(16)26)14-6-4-5-7-15(14)21-29-24(34)35-31-21/h4-7,9-10,12H,2-3,8,11H2,1H3,(H,29,31,34)(H,27,28,30,33). The van der Waals surface area contributed by atoms with E-state index in [1.807, 2.05) is 6.92 Å². The topological polar surface area (TPSA) is 109 Å².